The molecule has 0 radical (unpaired) electrons. The molecule has 1 aromatic heterocycles. The highest BCUT2D eigenvalue weighted by Crippen LogP contribution is 2.15. The molecule has 2 rings (SSSR count). The van der Waals surface area contributed by atoms with Gasteiger partial charge in [0.05, 0.1) is 5.52 Å². The van der Waals surface area contributed by atoms with Crippen LogP contribution >= 0.6 is 0 Å². The molecule has 4 nitrogen and oxygen atoms in total. The maximum Gasteiger partial charge on any atom is 0.248 e. The molecule has 0 unspecified atom stereocenters. The summed E-state index contributed by atoms with van der Waals surface area (Å²) < 4.78 is 1.46. The molecule has 0 bridgehead atoms. The molecule has 4 heteroatoms. The van der Waals surface area contributed by atoms with E-state index in [0.29, 0.717) is 6.42 Å². The number of benzene rings is 1. The van der Waals surface area contributed by atoms with Crippen molar-refractivity contribution in [2.24, 2.45) is 0 Å². The van der Waals surface area contributed by atoms with Crippen LogP contribution < -0.4 is 0 Å². The third-order valence-electron chi connectivity index (χ3n) is 6.39. The highest BCUT2D eigenvalue weighted by molar-refractivity contribution is 5.88. The van der Waals surface area contributed by atoms with Gasteiger partial charge in [-0.15, -0.1) is 11.7 Å². The lowest BCUT2D eigenvalue weighted by molar-refractivity contribution is 0.0886. The van der Waals surface area contributed by atoms with Crippen molar-refractivity contribution in [2.45, 2.75) is 122 Å². The summed E-state index contributed by atoms with van der Waals surface area (Å²) in [4.78, 5) is 12.4. The zero-order valence-electron chi connectivity index (χ0n) is 20.3. The molecule has 1 heterocycles. The van der Waals surface area contributed by atoms with Gasteiger partial charge in [0.2, 0.25) is 5.91 Å². The van der Waals surface area contributed by atoms with Crippen molar-refractivity contribution >= 4 is 16.9 Å². The van der Waals surface area contributed by atoms with Gasteiger partial charge in [-0.1, -0.05) is 120 Å². The Labute approximate surface area is 195 Å². The van der Waals surface area contributed by atoms with Crippen molar-refractivity contribution in [3.05, 3.63) is 36.9 Å². The fraction of sp³-hybridized carbons (Fsp3) is 0.679. The minimum absolute atomic E-state index is 0.0576. The lowest BCUT2D eigenvalue weighted by Crippen LogP contribution is -2.12. The Morgan fingerprint density at radius 2 is 1.19 bits per heavy atom. The zero-order valence-corrected chi connectivity index (χ0v) is 20.3. The Morgan fingerprint density at radius 1 is 0.719 bits per heavy atom. The van der Waals surface area contributed by atoms with Crippen LogP contribution in [-0.4, -0.2) is 20.9 Å². The number of hydrogen-bond donors (Lipinski definition) is 0. The normalized spacial score (nSPS) is 11.2. The Bertz CT molecular complexity index is 752. The molecule has 0 fully saturated rings. The Morgan fingerprint density at radius 3 is 1.72 bits per heavy atom. The van der Waals surface area contributed by atoms with Crippen molar-refractivity contribution in [1.82, 2.24) is 15.0 Å². The van der Waals surface area contributed by atoms with Crippen LogP contribution in [0.25, 0.3) is 11.0 Å². The van der Waals surface area contributed by atoms with Gasteiger partial charge in [0, 0.05) is 6.42 Å². The van der Waals surface area contributed by atoms with Crippen LogP contribution in [0.4, 0.5) is 0 Å². The summed E-state index contributed by atoms with van der Waals surface area (Å²) in [6.07, 6.45) is 26.5. The molecule has 0 spiro atoms. The van der Waals surface area contributed by atoms with E-state index in [1.165, 1.54) is 107 Å². The molecule has 0 aliphatic rings. The van der Waals surface area contributed by atoms with Gasteiger partial charge in [-0.25, -0.2) is 0 Å². The predicted octanol–water partition coefficient (Wildman–Crippen LogP) is 8.67. The van der Waals surface area contributed by atoms with Crippen molar-refractivity contribution in [1.29, 1.82) is 0 Å². The molecule has 0 amide bonds. The minimum Gasteiger partial charge on any atom is -0.273 e. The number of rotatable bonds is 20. The number of unbranched alkanes of at least 4 members (excludes halogenated alkanes) is 17. The number of carbonyl (C=O) groups excluding carboxylic acids is 1. The van der Waals surface area contributed by atoms with Gasteiger partial charge in [-0.2, -0.15) is 4.68 Å². The van der Waals surface area contributed by atoms with Gasteiger partial charge in [0.1, 0.15) is 5.52 Å². The predicted molar refractivity (Wildman–Crippen MR) is 136 cm³/mol. The first kappa shape index (κ1) is 26.3. The fourth-order valence-electron chi connectivity index (χ4n) is 4.38. The summed E-state index contributed by atoms with van der Waals surface area (Å²) in [5.74, 6) is 0.0576. The van der Waals surface area contributed by atoms with E-state index in [2.05, 4.69) is 16.9 Å². The fourth-order valence-corrected chi connectivity index (χ4v) is 4.38. The van der Waals surface area contributed by atoms with Crippen LogP contribution in [0.2, 0.25) is 0 Å². The molecular formula is C28H45N3O. The standard InChI is InChI=1S/C28H45N3O/c1-2-3-4-5-6-7-8-9-10-11-12-13-14-15-16-17-18-19-20-25-28(32)31-27-24-22-21-23-26(27)29-30-31/h2,21-24H,1,3-20,25H2. The van der Waals surface area contributed by atoms with Crippen LogP contribution in [-0.2, 0) is 0 Å². The molecule has 0 saturated heterocycles. The van der Waals surface area contributed by atoms with E-state index in [0.717, 1.165) is 23.9 Å². The van der Waals surface area contributed by atoms with E-state index < -0.39 is 0 Å². The smallest absolute Gasteiger partial charge is 0.248 e. The van der Waals surface area contributed by atoms with Gasteiger partial charge in [-0.3, -0.25) is 4.79 Å². The summed E-state index contributed by atoms with van der Waals surface area (Å²) in [6.45, 7) is 3.78. The van der Waals surface area contributed by atoms with Gasteiger partial charge in [-0.05, 0) is 31.4 Å². The molecule has 2 aromatic rings. The quantitative estimate of drug-likeness (QED) is 0.153. The van der Waals surface area contributed by atoms with Crippen LogP contribution in [0.15, 0.2) is 36.9 Å². The van der Waals surface area contributed by atoms with Crippen molar-refractivity contribution < 1.29 is 4.79 Å². The Hall–Kier alpha value is -1.97. The number of aromatic nitrogens is 3. The highest BCUT2D eigenvalue weighted by atomic mass is 16.2. The largest absolute Gasteiger partial charge is 0.273 e. The molecule has 0 saturated carbocycles. The molecule has 0 N–H and O–H groups in total. The van der Waals surface area contributed by atoms with E-state index >= 15 is 0 Å². The second-order valence-corrected chi connectivity index (χ2v) is 9.22. The average Bonchev–Trinajstić information content (AvgIpc) is 3.25. The average molecular weight is 440 g/mol. The second-order valence-electron chi connectivity index (χ2n) is 9.22. The first-order valence-electron chi connectivity index (χ1n) is 13.3. The number of carbonyl (C=O) groups is 1. The van der Waals surface area contributed by atoms with Crippen molar-refractivity contribution in [3.8, 4) is 0 Å². The summed E-state index contributed by atoms with van der Waals surface area (Å²) in [5.41, 5.74) is 1.60. The molecule has 32 heavy (non-hydrogen) atoms. The lowest BCUT2D eigenvalue weighted by Gasteiger charge is -2.04. The molecular weight excluding hydrogens is 394 g/mol. The van der Waals surface area contributed by atoms with Gasteiger partial charge in [0.15, 0.2) is 0 Å². The van der Waals surface area contributed by atoms with Crippen LogP contribution in [0.3, 0.4) is 0 Å². The van der Waals surface area contributed by atoms with Crippen LogP contribution in [0, 0.1) is 0 Å². The van der Waals surface area contributed by atoms with Gasteiger partial charge >= 0.3 is 0 Å². The first-order valence-corrected chi connectivity index (χ1v) is 13.3. The van der Waals surface area contributed by atoms with Crippen LogP contribution in [0.5, 0.6) is 0 Å². The van der Waals surface area contributed by atoms with E-state index in [-0.39, 0.29) is 5.91 Å². The Kier molecular flexibility index (Phi) is 14.4. The summed E-state index contributed by atoms with van der Waals surface area (Å²) in [7, 11) is 0. The zero-order chi connectivity index (χ0) is 22.7. The highest BCUT2D eigenvalue weighted by Gasteiger charge is 2.10. The van der Waals surface area contributed by atoms with Crippen molar-refractivity contribution in [3.63, 3.8) is 0 Å². The SMILES string of the molecule is C=CCCCCCCCCCCCCCCCCCCCC(=O)n1nnc2ccccc21. The number of allylic oxidation sites excluding steroid dienone is 1. The lowest BCUT2D eigenvalue weighted by atomic mass is 10.0. The monoisotopic (exact) mass is 439 g/mol. The van der Waals surface area contributed by atoms with E-state index in [1.807, 2.05) is 30.3 Å². The van der Waals surface area contributed by atoms with E-state index in [1.54, 1.807) is 0 Å². The molecule has 0 aliphatic carbocycles. The molecule has 0 aliphatic heterocycles. The van der Waals surface area contributed by atoms with E-state index in [4.69, 9.17) is 0 Å². The van der Waals surface area contributed by atoms with E-state index in [9.17, 15) is 4.79 Å². The maximum absolute atomic E-state index is 12.4. The number of fused-ring (bicyclic) bond motifs is 1. The molecule has 178 valence electrons. The minimum atomic E-state index is 0.0576. The van der Waals surface area contributed by atoms with Gasteiger partial charge in [0.25, 0.3) is 0 Å². The summed E-state index contributed by atoms with van der Waals surface area (Å²) in [5, 5.41) is 8.07. The third kappa shape index (κ3) is 11.1. The first-order chi connectivity index (χ1) is 15.8. The Balaban J connectivity index is 1.31. The number of nitrogens with zero attached hydrogens (tertiary/aromatic N) is 3. The summed E-state index contributed by atoms with van der Waals surface area (Å²) in [6, 6.07) is 7.63. The second kappa shape index (κ2) is 17.6. The topological polar surface area (TPSA) is 47.8 Å². The molecule has 0 atom stereocenters. The molecule has 1 aromatic carbocycles. The number of para-hydroxylation sites is 1. The maximum atomic E-state index is 12.4. The summed E-state index contributed by atoms with van der Waals surface area (Å²) >= 11 is 0. The third-order valence-corrected chi connectivity index (χ3v) is 6.39. The number of hydrogen-bond acceptors (Lipinski definition) is 3. The van der Waals surface area contributed by atoms with Crippen molar-refractivity contribution in [2.75, 3.05) is 0 Å². The van der Waals surface area contributed by atoms with Crippen LogP contribution in [0.1, 0.15) is 127 Å². The van der Waals surface area contributed by atoms with Gasteiger partial charge < -0.3 is 0 Å².